The van der Waals surface area contributed by atoms with E-state index in [1.54, 1.807) is 42.0 Å². The summed E-state index contributed by atoms with van der Waals surface area (Å²) in [5.74, 6) is -1.38. The fraction of sp³-hybridized carbons (Fsp3) is 0.200. The second-order valence-corrected chi connectivity index (χ2v) is 5.45. The normalized spacial score (nSPS) is 12.1. The first-order valence-electron chi connectivity index (χ1n) is 6.15. The van der Waals surface area contributed by atoms with Gasteiger partial charge in [-0.2, -0.15) is 0 Å². The number of carbonyl (C=O) groups is 1. The van der Waals surface area contributed by atoms with E-state index in [9.17, 15) is 9.59 Å². The van der Waals surface area contributed by atoms with Gasteiger partial charge >= 0.3 is 5.97 Å². The molecular weight excluding hydrogens is 322 g/mol. The molecule has 0 bridgehead atoms. The van der Waals surface area contributed by atoms with Gasteiger partial charge in [-0.25, -0.2) is 0 Å². The topological polar surface area (TPSA) is 59.3 Å². The van der Waals surface area contributed by atoms with Gasteiger partial charge in [0.2, 0.25) is 0 Å². The van der Waals surface area contributed by atoms with E-state index in [0.717, 1.165) is 11.1 Å². The maximum absolute atomic E-state index is 11.9. The van der Waals surface area contributed by atoms with Crippen molar-refractivity contribution >= 4 is 21.9 Å². The smallest absolute Gasteiger partial charge is 0.310 e. The molecule has 1 heterocycles. The molecule has 1 aromatic carbocycles. The van der Waals surface area contributed by atoms with Gasteiger partial charge in [0.1, 0.15) is 0 Å². The summed E-state index contributed by atoms with van der Waals surface area (Å²) < 4.78 is 2.12. The van der Waals surface area contributed by atoms with E-state index in [-0.39, 0.29) is 5.56 Å². The van der Waals surface area contributed by atoms with Crippen molar-refractivity contribution in [3.8, 4) is 0 Å². The highest BCUT2D eigenvalue weighted by atomic mass is 79.9. The van der Waals surface area contributed by atoms with Crippen LogP contribution in [-0.2, 0) is 11.3 Å². The zero-order chi connectivity index (χ0) is 14.7. The Morgan fingerprint density at radius 2 is 1.95 bits per heavy atom. The Labute approximate surface area is 124 Å². The van der Waals surface area contributed by atoms with Crippen LogP contribution in [0.2, 0.25) is 0 Å². The summed E-state index contributed by atoms with van der Waals surface area (Å²) >= 11 is 3.21. The molecule has 104 valence electrons. The molecule has 4 nitrogen and oxygen atoms in total. The number of aliphatic carboxylic acids is 1. The van der Waals surface area contributed by atoms with Crippen LogP contribution in [0.5, 0.6) is 0 Å². The van der Waals surface area contributed by atoms with Crippen LogP contribution >= 0.6 is 15.9 Å². The summed E-state index contributed by atoms with van der Waals surface area (Å²) in [5, 5.41) is 8.96. The molecule has 1 aromatic heterocycles. The van der Waals surface area contributed by atoms with Gasteiger partial charge in [0.25, 0.3) is 5.56 Å². The number of aromatic nitrogens is 1. The monoisotopic (exact) mass is 335 g/mol. The highest BCUT2D eigenvalue weighted by Gasteiger charge is 2.13. The number of hydrogen-bond donors (Lipinski definition) is 1. The quantitative estimate of drug-likeness (QED) is 0.934. The Hall–Kier alpha value is -1.88. The Bertz CT molecular complexity index is 676. The molecule has 5 heteroatoms. The largest absolute Gasteiger partial charge is 0.481 e. The average molecular weight is 336 g/mol. The van der Waals surface area contributed by atoms with Gasteiger partial charge in [-0.05, 0) is 46.1 Å². The molecule has 20 heavy (non-hydrogen) atoms. The van der Waals surface area contributed by atoms with Crippen molar-refractivity contribution in [2.24, 2.45) is 0 Å². The van der Waals surface area contributed by atoms with Crippen molar-refractivity contribution in [3.63, 3.8) is 0 Å². The summed E-state index contributed by atoms with van der Waals surface area (Å²) in [6.45, 7) is 2.11. The zero-order valence-electron chi connectivity index (χ0n) is 10.9. The number of nitrogens with zero attached hydrogens (tertiary/aromatic N) is 1. The van der Waals surface area contributed by atoms with Gasteiger partial charge in [0.05, 0.1) is 16.9 Å². The first-order valence-corrected chi connectivity index (χ1v) is 6.95. The van der Waals surface area contributed by atoms with Gasteiger partial charge in [-0.1, -0.05) is 24.3 Å². The van der Waals surface area contributed by atoms with E-state index in [1.807, 2.05) is 12.1 Å². The molecular formula is C15H14BrNO3. The van der Waals surface area contributed by atoms with E-state index in [2.05, 4.69) is 15.9 Å². The molecule has 0 aliphatic heterocycles. The zero-order valence-corrected chi connectivity index (χ0v) is 12.5. The summed E-state index contributed by atoms with van der Waals surface area (Å²) in [7, 11) is 0. The molecule has 2 aromatic rings. The lowest BCUT2D eigenvalue weighted by atomic mass is 10.00. The Kier molecular flexibility index (Phi) is 4.39. The van der Waals surface area contributed by atoms with Gasteiger partial charge in [0.15, 0.2) is 0 Å². The minimum Gasteiger partial charge on any atom is -0.481 e. The van der Waals surface area contributed by atoms with Gasteiger partial charge in [-0.3, -0.25) is 9.59 Å². The van der Waals surface area contributed by atoms with Crippen molar-refractivity contribution < 1.29 is 9.90 Å². The number of benzene rings is 1. The summed E-state index contributed by atoms with van der Waals surface area (Å²) in [6, 6.07) is 10.8. The van der Waals surface area contributed by atoms with Gasteiger partial charge in [0, 0.05) is 6.20 Å². The summed E-state index contributed by atoms with van der Waals surface area (Å²) in [6.07, 6.45) is 1.72. The van der Waals surface area contributed by atoms with Crippen molar-refractivity contribution in [2.75, 3.05) is 0 Å². The lowest BCUT2D eigenvalue weighted by molar-refractivity contribution is -0.138. The third-order valence-electron chi connectivity index (χ3n) is 3.18. The number of carboxylic acid groups (broad SMARTS) is 1. The van der Waals surface area contributed by atoms with E-state index < -0.39 is 11.9 Å². The predicted molar refractivity (Wildman–Crippen MR) is 80.0 cm³/mol. The van der Waals surface area contributed by atoms with Crippen molar-refractivity contribution in [1.82, 2.24) is 4.57 Å². The van der Waals surface area contributed by atoms with Crippen LogP contribution in [0.25, 0.3) is 0 Å². The van der Waals surface area contributed by atoms with Crippen molar-refractivity contribution in [3.05, 3.63) is 68.5 Å². The number of pyridine rings is 1. The molecule has 0 saturated carbocycles. The van der Waals surface area contributed by atoms with E-state index in [1.165, 1.54) is 0 Å². The summed E-state index contributed by atoms with van der Waals surface area (Å²) in [5.41, 5.74) is 1.62. The Balaban J connectivity index is 2.21. The first kappa shape index (κ1) is 14.5. The van der Waals surface area contributed by atoms with Crippen LogP contribution in [0, 0.1) is 0 Å². The molecule has 0 amide bonds. The van der Waals surface area contributed by atoms with Crippen LogP contribution < -0.4 is 5.56 Å². The Morgan fingerprint density at radius 3 is 2.55 bits per heavy atom. The lowest BCUT2D eigenvalue weighted by Gasteiger charge is -2.09. The average Bonchev–Trinajstić information content (AvgIpc) is 2.44. The predicted octanol–water partition coefficient (Wildman–Crippen LogP) is 2.85. The first-order chi connectivity index (χ1) is 9.49. The Morgan fingerprint density at radius 1 is 1.30 bits per heavy atom. The van der Waals surface area contributed by atoms with Crippen LogP contribution in [0.1, 0.15) is 24.0 Å². The van der Waals surface area contributed by atoms with Crippen LogP contribution in [-0.4, -0.2) is 15.6 Å². The highest BCUT2D eigenvalue weighted by Crippen LogP contribution is 2.16. The highest BCUT2D eigenvalue weighted by molar-refractivity contribution is 9.10. The van der Waals surface area contributed by atoms with E-state index in [4.69, 9.17) is 5.11 Å². The molecule has 0 aliphatic rings. The number of rotatable bonds is 4. The van der Waals surface area contributed by atoms with Crippen molar-refractivity contribution in [1.29, 1.82) is 0 Å². The van der Waals surface area contributed by atoms with Crippen LogP contribution in [0.4, 0.5) is 0 Å². The minimum atomic E-state index is -0.846. The molecule has 0 radical (unpaired) electrons. The molecule has 0 aliphatic carbocycles. The van der Waals surface area contributed by atoms with Gasteiger partial charge in [-0.15, -0.1) is 0 Å². The maximum atomic E-state index is 11.9. The molecule has 1 unspecified atom stereocenters. The van der Waals surface area contributed by atoms with Gasteiger partial charge < -0.3 is 9.67 Å². The fourth-order valence-electron chi connectivity index (χ4n) is 1.88. The second-order valence-electron chi connectivity index (χ2n) is 4.59. The molecule has 0 spiro atoms. The third kappa shape index (κ3) is 3.17. The molecule has 0 saturated heterocycles. The van der Waals surface area contributed by atoms with Crippen molar-refractivity contribution in [2.45, 2.75) is 19.4 Å². The van der Waals surface area contributed by atoms with Crippen LogP contribution in [0.15, 0.2) is 51.9 Å². The number of carboxylic acids is 1. The molecule has 0 fully saturated rings. The van der Waals surface area contributed by atoms with Crippen LogP contribution in [0.3, 0.4) is 0 Å². The standard InChI is InChI=1S/C15H14BrNO3/c1-10(15(19)20)12-6-4-11(5-7-12)9-17-8-2-3-13(16)14(17)18/h2-8,10H,9H2,1H3,(H,19,20). The van der Waals surface area contributed by atoms with E-state index in [0.29, 0.717) is 11.0 Å². The number of halogens is 1. The fourth-order valence-corrected chi connectivity index (χ4v) is 2.26. The molecule has 1 atom stereocenters. The third-order valence-corrected chi connectivity index (χ3v) is 3.78. The molecule has 2 rings (SSSR count). The minimum absolute atomic E-state index is 0.0875. The van der Waals surface area contributed by atoms with E-state index >= 15 is 0 Å². The SMILES string of the molecule is CC(C(=O)O)c1ccc(Cn2cccc(Br)c2=O)cc1. The number of hydrogen-bond acceptors (Lipinski definition) is 2. The second kappa shape index (κ2) is 6.05. The lowest BCUT2D eigenvalue weighted by Crippen LogP contribution is -2.20. The molecule has 1 N–H and O–H groups in total. The summed E-state index contributed by atoms with van der Waals surface area (Å²) in [4.78, 5) is 22.8. The maximum Gasteiger partial charge on any atom is 0.310 e.